The van der Waals surface area contributed by atoms with Crippen LogP contribution in [0.15, 0.2) is 0 Å². The zero-order valence-electron chi connectivity index (χ0n) is 10.8. The Morgan fingerprint density at radius 2 is 1.64 bits per heavy atom. The van der Waals surface area contributed by atoms with Crippen LogP contribution >= 0.6 is 0 Å². The first-order valence-electron chi connectivity index (χ1n) is 6.23. The van der Waals surface area contributed by atoms with Crippen molar-refractivity contribution in [3.63, 3.8) is 0 Å². The van der Waals surface area contributed by atoms with Crippen molar-refractivity contribution in [3.8, 4) is 0 Å². The van der Waals surface area contributed by atoms with Gasteiger partial charge in [0.1, 0.15) is 0 Å². The van der Waals surface area contributed by atoms with Crippen molar-refractivity contribution in [2.75, 3.05) is 6.54 Å². The molecule has 0 spiro atoms. The van der Waals surface area contributed by atoms with Crippen LogP contribution in [0.4, 0.5) is 0 Å². The van der Waals surface area contributed by atoms with Crippen LogP contribution in [0, 0.1) is 5.41 Å². The molecule has 0 heterocycles. The van der Waals surface area contributed by atoms with E-state index in [4.69, 9.17) is 0 Å². The molecular weight excluding hydrogens is 170 g/mol. The quantitative estimate of drug-likeness (QED) is 0.654. The van der Waals surface area contributed by atoms with Crippen molar-refractivity contribution >= 4 is 0 Å². The fourth-order valence-electron chi connectivity index (χ4n) is 1.65. The monoisotopic (exact) mass is 199 g/mol. The zero-order chi connectivity index (χ0) is 11.0. The molecule has 1 unspecified atom stereocenters. The van der Waals surface area contributed by atoms with E-state index in [0.717, 1.165) is 6.04 Å². The van der Waals surface area contributed by atoms with Gasteiger partial charge in [-0.2, -0.15) is 0 Å². The summed E-state index contributed by atoms with van der Waals surface area (Å²) in [6.45, 7) is 12.7. The van der Waals surface area contributed by atoms with Crippen molar-refractivity contribution in [2.24, 2.45) is 5.41 Å². The second-order valence-electron chi connectivity index (χ2n) is 5.54. The molecule has 0 aliphatic heterocycles. The second kappa shape index (κ2) is 7.28. The van der Waals surface area contributed by atoms with Crippen molar-refractivity contribution in [3.05, 3.63) is 0 Å². The third-order valence-electron chi connectivity index (χ3n) is 2.56. The van der Waals surface area contributed by atoms with Gasteiger partial charge in [0.25, 0.3) is 0 Å². The molecular formula is C13H29N. The minimum Gasteiger partial charge on any atom is -0.314 e. The van der Waals surface area contributed by atoms with Crippen LogP contribution in [0.5, 0.6) is 0 Å². The minimum atomic E-state index is 0.486. The molecule has 1 atom stereocenters. The van der Waals surface area contributed by atoms with E-state index in [-0.39, 0.29) is 0 Å². The highest BCUT2D eigenvalue weighted by Crippen LogP contribution is 2.22. The fraction of sp³-hybridized carbons (Fsp3) is 1.00. The molecule has 0 saturated carbocycles. The second-order valence-corrected chi connectivity index (χ2v) is 5.54. The maximum absolute atomic E-state index is 3.64. The van der Waals surface area contributed by atoms with Crippen LogP contribution < -0.4 is 5.32 Å². The van der Waals surface area contributed by atoms with E-state index in [1.54, 1.807) is 0 Å². The normalized spacial score (nSPS) is 14.4. The lowest BCUT2D eigenvalue weighted by atomic mass is 9.88. The van der Waals surface area contributed by atoms with Crippen LogP contribution in [-0.4, -0.2) is 12.6 Å². The Hall–Kier alpha value is -0.0400. The lowest BCUT2D eigenvalue weighted by Crippen LogP contribution is -2.30. The first-order valence-corrected chi connectivity index (χ1v) is 6.23. The Morgan fingerprint density at radius 1 is 1.00 bits per heavy atom. The highest BCUT2D eigenvalue weighted by Gasteiger charge is 2.13. The molecule has 0 aromatic rings. The van der Waals surface area contributed by atoms with Gasteiger partial charge in [-0.1, -0.05) is 41.0 Å². The number of hydrogen-bond donors (Lipinski definition) is 1. The van der Waals surface area contributed by atoms with E-state index in [1.807, 2.05) is 0 Å². The lowest BCUT2D eigenvalue weighted by Gasteiger charge is -2.23. The molecule has 0 aliphatic carbocycles. The summed E-state index contributed by atoms with van der Waals surface area (Å²) in [6.07, 6.45) is 6.53. The third kappa shape index (κ3) is 8.55. The molecule has 0 rings (SSSR count). The van der Waals surface area contributed by atoms with Gasteiger partial charge in [-0.3, -0.25) is 0 Å². The van der Waals surface area contributed by atoms with Crippen molar-refractivity contribution in [1.82, 2.24) is 5.32 Å². The number of rotatable bonds is 7. The Kier molecular flexibility index (Phi) is 7.26. The van der Waals surface area contributed by atoms with Gasteiger partial charge in [0.15, 0.2) is 0 Å². The molecule has 0 saturated heterocycles. The molecule has 0 bridgehead atoms. The summed E-state index contributed by atoms with van der Waals surface area (Å²) >= 11 is 0. The average molecular weight is 199 g/mol. The topological polar surface area (TPSA) is 12.0 Å². The highest BCUT2D eigenvalue weighted by atomic mass is 14.9. The maximum atomic E-state index is 3.64. The van der Waals surface area contributed by atoms with E-state index in [2.05, 4.69) is 39.9 Å². The van der Waals surface area contributed by atoms with Gasteiger partial charge in [0, 0.05) is 6.04 Å². The molecule has 0 amide bonds. The molecule has 1 N–H and O–H groups in total. The van der Waals surface area contributed by atoms with Gasteiger partial charge in [0.05, 0.1) is 0 Å². The summed E-state index contributed by atoms with van der Waals surface area (Å²) in [7, 11) is 0. The molecule has 0 aromatic heterocycles. The predicted molar refractivity (Wildman–Crippen MR) is 65.7 cm³/mol. The first-order chi connectivity index (χ1) is 6.49. The van der Waals surface area contributed by atoms with E-state index < -0.39 is 0 Å². The van der Waals surface area contributed by atoms with Gasteiger partial charge in [0.2, 0.25) is 0 Å². The molecule has 0 fully saturated rings. The molecule has 1 heteroatoms. The summed E-state index contributed by atoms with van der Waals surface area (Å²) in [5.41, 5.74) is 0.486. The van der Waals surface area contributed by atoms with Gasteiger partial charge < -0.3 is 5.32 Å². The van der Waals surface area contributed by atoms with Crippen molar-refractivity contribution in [2.45, 2.75) is 72.8 Å². The lowest BCUT2D eigenvalue weighted by molar-refractivity contribution is 0.322. The van der Waals surface area contributed by atoms with Crippen molar-refractivity contribution < 1.29 is 0 Å². The molecule has 1 nitrogen and oxygen atoms in total. The smallest absolute Gasteiger partial charge is 0.00671 e. The van der Waals surface area contributed by atoms with Crippen LogP contribution in [0.2, 0.25) is 0 Å². The van der Waals surface area contributed by atoms with Crippen LogP contribution in [0.1, 0.15) is 66.7 Å². The Labute approximate surface area is 90.7 Å². The standard InChI is InChI=1S/C13H29N/c1-6-8-12(14-11-7-2)9-10-13(3,4)5/h12,14H,6-11H2,1-5H3. The first kappa shape index (κ1) is 14.0. The summed E-state index contributed by atoms with van der Waals surface area (Å²) in [4.78, 5) is 0. The Balaban J connectivity index is 3.72. The maximum Gasteiger partial charge on any atom is 0.00671 e. The molecule has 0 aliphatic rings. The molecule has 0 radical (unpaired) electrons. The average Bonchev–Trinajstić information content (AvgIpc) is 2.08. The van der Waals surface area contributed by atoms with E-state index in [0.29, 0.717) is 5.41 Å². The summed E-state index contributed by atoms with van der Waals surface area (Å²) in [5, 5.41) is 3.64. The minimum absolute atomic E-state index is 0.486. The SMILES string of the molecule is CCCNC(CCC)CCC(C)(C)C. The molecule has 14 heavy (non-hydrogen) atoms. The van der Waals surface area contributed by atoms with Gasteiger partial charge in [-0.15, -0.1) is 0 Å². The van der Waals surface area contributed by atoms with Crippen LogP contribution in [0.25, 0.3) is 0 Å². The van der Waals surface area contributed by atoms with E-state index >= 15 is 0 Å². The predicted octanol–water partition coefficient (Wildman–Crippen LogP) is 3.98. The Bertz CT molecular complexity index is 124. The van der Waals surface area contributed by atoms with Gasteiger partial charge >= 0.3 is 0 Å². The number of hydrogen-bond acceptors (Lipinski definition) is 1. The summed E-state index contributed by atoms with van der Waals surface area (Å²) in [6, 6.07) is 0.749. The fourth-order valence-corrected chi connectivity index (χ4v) is 1.65. The van der Waals surface area contributed by atoms with Crippen molar-refractivity contribution in [1.29, 1.82) is 0 Å². The van der Waals surface area contributed by atoms with Gasteiger partial charge in [-0.25, -0.2) is 0 Å². The third-order valence-corrected chi connectivity index (χ3v) is 2.56. The molecule has 86 valence electrons. The van der Waals surface area contributed by atoms with Gasteiger partial charge in [-0.05, 0) is 37.6 Å². The summed E-state index contributed by atoms with van der Waals surface area (Å²) < 4.78 is 0. The van der Waals surface area contributed by atoms with E-state index in [9.17, 15) is 0 Å². The largest absolute Gasteiger partial charge is 0.314 e. The van der Waals surface area contributed by atoms with E-state index in [1.165, 1.54) is 38.6 Å². The number of nitrogens with one attached hydrogen (secondary N) is 1. The highest BCUT2D eigenvalue weighted by molar-refractivity contribution is 4.70. The Morgan fingerprint density at radius 3 is 2.07 bits per heavy atom. The zero-order valence-corrected chi connectivity index (χ0v) is 10.8. The molecule has 0 aromatic carbocycles. The summed E-state index contributed by atoms with van der Waals surface area (Å²) in [5.74, 6) is 0. The van der Waals surface area contributed by atoms with Crippen LogP contribution in [-0.2, 0) is 0 Å². The van der Waals surface area contributed by atoms with Crippen LogP contribution in [0.3, 0.4) is 0 Å².